The molecule has 1 aromatic carbocycles. The van der Waals surface area contributed by atoms with Crippen molar-refractivity contribution < 1.29 is 9.52 Å². The Kier molecular flexibility index (Phi) is 2.70. The Morgan fingerprint density at radius 3 is 2.50 bits per heavy atom. The minimum atomic E-state index is 0.0139. The molecule has 2 nitrogen and oxygen atoms in total. The fourth-order valence-electron chi connectivity index (χ4n) is 1.22. The average Bonchev–Trinajstić information content (AvgIpc) is 2.67. The molecule has 2 rings (SSSR count). The first-order valence-corrected chi connectivity index (χ1v) is 5.03. The van der Waals surface area contributed by atoms with Gasteiger partial charge in [-0.25, -0.2) is 0 Å². The third-order valence-corrected chi connectivity index (χ3v) is 2.49. The zero-order chi connectivity index (χ0) is 9.97. The van der Waals surface area contributed by atoms with E-state index in [9.17, 15) is 0 Å². The van der Waals surface area contributed by atoms with Gasteiger partial charge in [-0.15, -0.1) is 0 Å². The first-order valence-electron chi connectivity index (χ1n) is 4.24. The number of benzene rings is 1. The molecule has 0 aliphatic heterocycles. The van der Waals surface area contributed by atoms with Crippen molar-refractivity contribution in [2.45, 2.75) is 6.61 Å². The molecular weight excluding hydrogens is 244 g/mol. The van der Waals surface area contributed by atoms with Crippen molar-refractivity contribution in [2.24, 2.45) is 0 Å². The second kappa shape index (κ2) is 3.98. The van der Waals surface area contributed by atoms with Crippen LogP contribution in [0.25, 0.3) is 11.3 Å². The molecule has 2 aromatic rings. The van der Waals surface area contributed by atoms with Crippen molar-refractivity contribution in [3.8, 4) is 11.3 Å². The third-order valence-electron chi connectivity index (χ3n) is 1.97. The van der Waals surface area contributed by atoms with Crippen molar-refractivity contribution in [3.05, 3.63) is 46.6 Å². The molecule has 14 heavy (non-hydrogen) atoms. The summed E-state index contributed by atoms with van der Waals surface area (Å²) in [6.45, 7) is 0.0139. The Bertz CT molecular complexity index is 417. The molecule has 0 atom stereocenters. The highest BCUT2D eigenvalue weighted by Crippen LogP contribution is 2.23. The van der Waals surface area contributed by atoms with E-state index in [1.54, 1.807) is 6.26 Å². The maximum atomic E-state index is 8.87. The minimum absolute atomic E-state index is 0.0139. The van der Waals surface area contributed by atoms with E-state index in [4.69, 9.17) is 9.52 Å². The predicted molar refractivity (Wildman–Crippen MR) is 57.8 cm³/mol. The summed E-state index contributed by atoms with van der Waals surface area (Å²) in [4.78, 5) is 0. The van der Waals surface area contributed by atoms with Gasteiger partial charge in [0.15, 0.2) is 0 Å². The standard InChI is InChI=1S/C11H9BrO2/c12-10-3-1-9(2-4-10)11-5-8(6-13)7-14-11/h1-5,7,13H,6H2. The number of rotatable bonds is 2. The van der Waals surface area contributed by atoms with Gasteiger partial charge in [0.2, 0.25) is 0 Å². The topological polar surface area (TPSA) is 33.4 Å². The van der Waals surface area contributed by atoms with Crippen LogP contribution in [0.4, 0.5) is 0 Å². The average molecular weight is 253 g/mol. The first kappa shape index (κ1) is 9.49. The van der Waals surface area contributed by atoms with E-state index in [0.717, 1.165) is 21.4 Å². The van der Waals surface area contributed by atoms with Crippen LogP contribution in [-0.2, 0) is 6.61 Å². The van der Waals surface area contributed by atoms with Gasteiger partial charge < -0.3 is 9.52 Å². The number of aliphatic hydroxyl groups is 1. The van der Waals surface area contributed by atoms with Crippen LogP contribution in [-0.4, -0.2) is 5.11 Å². The number of aliphatic hydroxyl groups excluding tert-OH is 1. The number of hydrogen-bond acceptors (Lipinski definition) is 2. The van der Waals surface area contributed by atoms with Crippen LogP contribution in [0.1, 0.15) is 5.56 Å². The summed E-state index contributed by atoms with van der Waals surface area (Å²) in [6.07, 6.45) is 1.57. The fourth-order valence-corrected chi connectivity index (χ4v) is 1.49. The van der Waals surface area contributed by atoms with Crippen molar-refractivity contribution in [2.75, 3.05) is 0 Å². The Labute approximate surface area is 90.3 Å². The van der Waals surface area contributed by atoms with E-state index >= 15 is 0 Å². The van der Waals surface area contributed by atoms with Crippen molar-refractivity contribution in [1.82, 2.24) is 0 Å². The molecule has 0 amide bonds. The quantitative estimate of drug-likeness (QED) is 0.891. The van der Waals surface area contributed by atoms with Crippen molar-refractivity contribution in [1.29, 1.82) is 0 Å². The molecule has 0 aliphatic rings. The van der Waals surface area contributed by atoms with Gasteiger partial charge in [-0.3, -0.25) is 0 Å². The van der Waals surface area contributed by atoms with Gasteiger partial charge in [0.25, 0.3) is 0 Å². The van der Waals surface area contributed by atoms with Crippen molar-refractivity contribution >= 4 is 15.9 Å². The van der Waals surface area contributed by atoms with E-state index in [1.807, 2.05) is 30.3 Å². The largest absolute Gasteiger partial charge is 0.464 e. The number of halogens is 1. The summed E-state index contributed by atoms with van der Waals surface area (Å²) >= 11 is 3.37. The van der Waals surface area contributed by atoms with Gasteiger partial charge >= 0.3 is 0 Å². The summed E-state index contributed by atoms with van der Waals surface area (Å²) in [5.41, 5.74) is 1.80. The molecule has 1 N–H and O–H groups in total. The van der Waals surface area contributed by atoms with Crippen LogP contribution in [0.5, 0.6) is 0 Å². The molecule has 1 aromatic heterocycles. The monoisotopic (exact) mass is 252 g/mol. The highest BCUT2D eigenvalue weighted by atomic mass is 79.9. The van der Waals surface area contributed by atoms with Crippen LogP contribution in [0.2, 0.25) is 0 Å². The first-order chi connectivity index (χ1) is 6.79. The molecule has 0 unspecified atom stereocenters. The maximum absolute atomic E-state index is 8.87. The lowest BCUT2D eigenvalue weighted by Crippen LogP contribution is -1.75. The number of furan rings is 1. The second-order valence-corrected chi connectivity index (χ2v) is 3.90. The van der Waals surface area contributed by atoms with Gasteiger partial charge in [-0.1, -0.05) is 28.1 Å². The third kappa shape index (κ3) is 1.89. The summed E-state index contributed by atoms with van der Waals surface area (Å²) < 4.78 is 6.34. The second-order valence-electron chi connectivity index (χ2n) is 2.98. The van der Waals surface area contributed by atoms with E-state index in [2.05, 4.69) is 15.9 Å². The molecule has 0 bridgehead atoms. The van der Waals surface area contributed by atoms with Crippen LogP contribution < -0.4 is 0 Å². The molecule has 0 aliphatic carbocycles. The van der Waals surface area contributed by atoms with Gasteiger partial charge in [0, 0.05) is 15.6 Å². The maximum Gasteiger partial charge on any atom is 0.134 e. The van der Waals surface area contributed by atoms with Crippen LogP contribution >= 0.6 is 15.9 Å². The smallest absolute Gasteiger partial charge is 0.134 e. The zero-order valence-corrected chi connectivity index (χ0v) is 8.99. The van der Waals surface area contributed by atoms with E-state index in [1.165, 1.54) is 0 Å². The molecule has 3 heteroatoms. The summed E-state index contributed by atoms with van der Waals surface area (Å²) in [5, 5.41) is 8.87. The molecule has 72 valence electrons. The van der Waals surface area contributed by atoms with Crippen LogP contribution in [0.3, 0.4) is 0 Å². The lowest BCUT2D eigenvalue weighted by Gasteiger charge is -1.95. The minimum Gasteiger partial charge on any atom is -0.464 e. The van der Waals surface area contributed by atoms with Gasteiger partial charge in [-0.2, -0.15) is 0 Å². The van der Waals surface area contributed by atoms with E-state index in [0.29, 0.717) is 0 Å². The summed E-state index contributed by atoms with van der Waals surface area (Å²) in [6, 6.07) is 9.67. The highest BCUT2D eigenvalue weighted by molar-refractivity contribution is 9.10. The van der Waals surface area contributed by atoms with Crippen LogP contribution in [0, 0.1) is 0 Å². The molecule has 0 radical (unpaired) electrons. The predicted octanol–water partition coefficient (Wildman–Crippen LogP) is 3.20. The van der Waals surface area contributed by atoms with Crippen LogP contribution in [0.15, 0.2) is 45.5 Å². The number of hydrogen-bond donors (Lipinski definition) is 1. The lowest BCUT2D eigenvalue weighted by atomic mass is 10.1. The molecular formula is C11H9BrO2. The Hall–Kier alpha value is -1.06. The summed E-state index contributed by atoms with van der Waals surface area (Å²) in [5.74, 6) is 0.779. The molecule has 0 spiro atoms. The Morgan fingerprint density at radius 1 is 1.21 bits per heavy atom. The lowest BCUT2D eigenvalue weighted by molar-refractivity contribution is 0.280. The van der Waals surface area contributed by atoms with Gasteiger partial charge in [0.1, 0.15) is 5.76 Å². The normalized spacial score (nSPS) is 10.4. The van der Waals surface area contributed by atoms with Gasteiger partial charge in [0.05, 0.1) is 12.9 Å². The molecule has 0 saturated carbocycles. The zero-order valence-electron chi connectivity index (χ0n) is 7.40. The highest BCUT2D eigenvalue weighted by Gasteiger charge is 2.03. The summed E-state index contributed by atoms with van der Waals surface area (Å²) in [7, 11) is 0. The van der Waals surface area contributed by atoms with Crippen molar-refractivity contribution in [3.63, 3.8) is 0 Å². The Morgan fingerprint density at radius 2 is 1.93 bits per heavy atom. The molecule has 0 fully saturated rings. The fraction of sp³-hybridized carbons (Fsp3) is 0.0909. The molecule has 0 saturated heterocycles. The van der Waals surface area contributed by atoms with E-state index in [-0.39, 0.29) is 6.61 Å². The SMILES string of the molecule is OCc1coc(-c2ccc(Br)cc2)c1. The van der Waals surface area contributed by atoms with Gasteiger partial charge in [-0.05, 0) is 18.2 Å². The Balaban J connectivity index is 2.34. The van der Waals surface area contributed by atoms with E-state index < -0.39 is 0 Å². The molecule has 1 heterocycles.